The van der Waals surface area contributed by atoms with Crippen LogP contribution in [-0.4, -0.2) is 17.4 Å². The second kappa shape index (κ2) is 8.43. The molecule has 1 aromatic rings. The summed E-state index contributed by atoms with van der Waals surface area (Å²) in [6.07, 6.45) is 3.97. The molecule has 0 aliphatic heterocycles. The Morgan fingerprint density at radius 3 is 2.63 bits per heavy atom. The van der Waals surface area contributed by atoms with Crippen LogP contribution in [0.25, 0.3) is 6.08 Å². The van der Waals surface area contributed by atoms with Crippen molar-refractivity contribution in [3.8, 4) is 0 Å². The average molecular weight is 275 g/mol. The number of hydrogen-bond acceptors (Lipinski definition) is 2. The zero-order valence-corrected chi connectivity index (χ0v) is 12.5. The average Bonchev–Trinajstić information content (AvgIpc) is 2.41. The number of thiocarbonyl (C=S) groups is 1. The maximum absolute atomic E-state index is 5.12. The van der Waals surface area contributed by atoms with Gasteiger partial charge in [-0.25, -0.2) is 0 Å². The van der Waals surface area contributed by atoms with Gasteiger partial charge >= 0.3 is 0 Å². The van der Waals surface area contributed by atoms with Crippen LogP contribution >= 0.6 is 12.2 Å². The summed E-state index contributed by atoms with van der Waals surface area (Å²) in [5.74, 6) is 0.558. The van der Waals surface area contributed by atoms with Crippen molar-refractivity contribution in [3.63, 3.8) is 0 Å². The van der Waals surface area contributed by atoms with Crippen molar-refractivity contribution in [1.29, 1.82) is 0 Å². The number of hydrogen-bond donors (Lipinski definition) is 2. The first kappa shape index (κ1) is 15.4. The normalized spacial score (nSPS) is 11.9. The second-order valence-electron chi connectivity index (χ2n) is 4.71. The van der Waals surface area contributed by atoms with Crippen LogP contribution in [0.4, 0.5) is 0 Å². The van der Waals surface area contributed by atoms with E-state index in [2.05, 4.69) is 29.7 Å². The molecule has 19 heavy (non-hydrogen) atoms. The molecule has 0 aromatic heterocycles. The van der Waals surface area contributed by atoms with Crippen molar-refractivity contribution >= 4 is 29.1 Å². The van der Waals surface area contributed by atoms with Crippen LogP contribution in [0.15, 0.2) is 41.5 Å². The summed E-state index contributed by atoms with van der Waals surface area (Å²) in [5, 5.41) is 7.85. The SMILES string of the molecule is CC(C=Cc1ccccc1)=NNC(=S)NCC(C)C. The van der Waals surface area contributed by atoms with Gasteiger partial charge in [0, 0.05) is 6.54 Å². The van der Waals surface area contributed by atoms with E-state index in [4.69, 9.17) is 12.2 Å². The fourth-order valence-corrected chi connectivity index (χ4v) is 1.42. The van der Waals surface area contributed by atoms with E-state index in [9.17, 15) is 0 Å². The number of nitrogens with one attached hydrogen (secondary N) is 2. The molecule has 0 saturated carbocycles. The van der Waals surface area contributed by atoms with E-state index in [1.165, 1.54) is 0 Å². The summed E-state index contributed by atoms with van der Waals surface area (Å²) in [5.41, 5.74) is 4.85. The standard InChI is InChI=1S/C15H21N3S/c1-12(2)11-16-15(19)18-17-13(3)9-10-14-7-5-4-6-8-14/h4-10,12H,11H2,1-3H3,(H2,16,18,19). The molecule has 0 radical (unpaired) electrons. The van der Waals surface area contributed by atoms with Gasteiger partial charge in [0.05, 0.1) is 5.71 Å². The van der Waals surface area contributed by atoms with Gasteiger partial charge in [-0.2, -0.15) is 5.10 Å². The molecule has 2 N–H and O–H groups in total. The third-order valence-corrected chi connectivity index (χ3v) is 2.56. The molecule has 0 spiro atoms. The van der Waals surface area contributed by atoms with E-state index in [-0.39, 0.29) is 0 Å². The van der Waals surface area contributed by atoms with Gasteiger partial charge in [-0.1, -0.05) is 50.3 Å². The molecule has 0 unspecified atom stereocenters. The van der Waals surface area contributed by atoms with Gasteiger partial charge in [-0.05, 0) is 36.7 Å². The van der Waals surface area contributed by atoms with Gasteiger partial charge in [0.1, 0.15) is 0 Å². The quantitative estimate of drug-likeness (QED) is 0.492. The topological polar surface area (TPSA) is 36.4 Å². The highest BCUT2D eigenvalue weighted by molar-refractivity contribution is 7.80. The van der Waals surface area contributed by atoms with E-state index < -0.39 is 0 Å². The van der Waals surface area contributed by atoms with E-state index >= 15 is 0 Å². The van der Waals surface area contributed by atoms with Crippen LogP contribution in [0.1, 0.15) is 26.3 Å². The van der Waals surface area contributed by atoms with E-state index in [0.717, 1.165) is 17.8 Å². The van der Waals surface area contributed by atoms with Crippen LogP contribution < -0.4 is 10.7 Å². The molecule has 4 heteroatoms. The Morgan fingerprint density at radius 1 is 1.32 bits per heavy atom. The lowest BCUT2D eigenvalue weighted by atomic mass is 10.2. The molecule has 102 valence electrons. The summed E-state index contributed by atoms with van der Waals surface area (Å²) < 4.78 is 0. The van der Waals surface area contributed by atoms with Crippen molar-refractivity contribution in [2.45, 2.75) is 20.8 Å². The van der Waals surface area contributed by atoms with Gasteiger partial charge in [0.2, 0.25) is 0 Å². The summed E-state index contributed by atoms with van der Waals surface area (Å²) in [6.45, 7) is 7.04. The molecule has 1 aromatic carbocycles. The Kier molecular flexibility index (Phi) is 6.82. The number of allylic oxidation sites excluding steroid dienone is 1. The fraction of sp³-hybridized carbons (Fsp3) is 0.333. The van der Waals surface area contributed by atoms with Crippen molar-refractivity contribution in [3.05, 3.63) is 42.0 Å². The summed E-state index contributed by atoms with van der Waals surface area (Å²) in [7, 11) is 0. The first-order chi connectivity index (χ1) is 9.08. The van der Waals surface area contributed by atoms with Crippen LogP contribution in [0, 0.1) is 5.92 Å². The fourth-order valence-electron chi connectivity index (χ4n) is 1.29. The number of benzene rings is 1. The minimum atomic E-state index is 0.557. The maximum atomic E-state index is 5.12. The highest BCUT2D eigenvalue weighted by Crippen LogP contribution is 2.00. The second-order valence-corrected chi connectivity index (χ2v) is 5.12. The first-order valence-electron chi connectivity index (χ1n) is 6.39. The maximum Gasteiger partial charge on any atom is 0.186 e. The first-order valence-corrected chi connectivity index (χ1v) is 6.80. The van der Waals surface area contributed by atoms with Gasteiger partial charge in [-0.3, -0.25) is 5.43 Å². The van der Waals surface area contributed by atoms with Crippen LogP contribution in [-0.2, 0) is 0 Å². The Morgan fingerprint density at radius 2 is 2.00 bits per heavy atom. The van der Waals surface area contributed by atoms with Gasteiger partial charge < -0.3 is 5.32 Å². The van der Waals surface area contributed by atoms with Crippen molar-refractivity contribution in [2.75, 3.05) is 6.54 Å². The lowest BCUT2D eigenvalue weighted by Gasteiger charge is -2.09. The summed E-state index contributed by atoms with van der Waals surface area (Å²) in [4.78, 5) is 0. The minimum absolute atomic E-state index is 0.557. The van der Waals surface area contributed by atoms with E-state index in [0.29, 0.717) is 11.0 Å². The lowest BCUT2D eigenvalue weighted by molar-refractivity contribution is 0.621. The molecule has 0 fully saturated rings. The van der Waals surface area contributed by atoms with Crippen molar-refractivity contribution in [1.82, 2.24) is 10.7 Å². The third-order valence-electron chi connectivity index (χ3n) is 2.32. The molecule has 0 aliphatic rings. The predicted molar refractivity (Wildman–Crippen MR) is 87.2 cm³/mol. The summed E-state index contributed by atoms with van der Waals surface area (Å²) in [6, 6.07) is 10.1. The summed E-state index contributed by atoms with van der Waals surface area (Å²) >= 11 is 5.12. The molecule has 0 amide bonds. The molecule has 0 aliphatic carbocycles. The van der Waals surface area contributed by atoms with Gasteiger partial charge in [0.25, 0.3) is 0 Å². The van der Waals surface area contributed by atoms with E-state index in [1.54, 1.807) is 0 Å². The largest absolute Gasteiger partial charge is 0.361 e. The smallest absolute Gasteiger partial charge is 0.186 e. The van der Waals surface area contributed by atoms with Crippen LogP contribution in [0.5, 0.6) is 0 Å². The predicted octanol–water partition coefficient (Wildman–Crippen LogP) is 3.20. The molecule has 0 bridgehead atoms. The highest BCUT2D eigenvalue weighted by atomic mass is 32.1. The highest BCUT2D eigenvalue weighted by Gasteiger charge is 1.95. The number of hydrazone groups is 1. The van der Waals surface area contributed by atoms with Gasteiger partial charge in [-0.15, -0.1) is 0 Å². The Hall–Kier alpha value is -1.68. The molecule has 0 atom stereocenters. The zero-order chi connectivity index (χ0) is 14.1. The molecular weight excluding hydrogens is 254 g/mol. The Labute approximate surface area is 120 Å². The van der Waals surface area contributed by atoms with Crippen LogP contribution in [0.3, 0.4) is 0 Å². The van der Waals surface area contributed by atoms with E-state index in [1.807, 2.05) is 49.4 Å². The minimum Gasteiger partial charge on any atom is -0.361 e. The lowest BCUT2D eigenvalue weighted by Crippen LogP contribution is -2.34. The Bertz CT molecular complexity index is 450. The molecule has 0 heterocycles. The van der Waals surface area contributed by atoms with Crippen molar-refractivity contribution in [2.24, 2.45) is 11.0 Å². The monoisotopic (exact) mass is 275 g/mol. The van der Waals surface area contributed by atoms with Crippen molar-refractivity contribution < 1.29 is 0 Å². The molecular formula is C15H21N3S. The molecule has 3 nitrogen and oxygen atoms in total. The number of nitrogens with zero attached hydrogens (tertiary/aromatic N) is 1. The number of rotatable bonds is 5. The zero-order valence-electron chi connectivity index (χ0n) is 11.7. The Balaban J connectivity index is 2.41. The third kappa shape index (κ3) is 7.36. The van der Waals surface area contributed by atoms with Gasteiger partial charge in [0.15, 0.2) is 5.11 Å². The molecule has 1 rings (SSSR count). The molecule has 0 saturated heterocycles. The van der Waals surface area contributed by atoms with Crippen LogP contribution in [0.2, 0.25) is 0 Å².